The molecule has 94 valence electrons. The number of ether oxygens (including phenoxy) is 3. The minimum absolute atomic E-state index is 0.269. The van der Waals surface area contributed by atoms with Gasteiger partial charge in [-0.05, 0) is 12.8 Å². The summed E-state index contributed by atoms with van der Waals surface area (Å²) in [5.41, 5.74) is 0.862. The van der Waals surface area contributed by atoms with Crippen LogP contribution in [0.4, 0.5) is 0 Å². The van der Waals surface area contributed by atoms with Gasteiger partial charge in [0.2, 0.25) is 5.88 Å². The summed E-state index contributed by atoms with van der Waals surface area (Å²) in [7, 11) is 3.03. The molecule has 1 aromatic heterocycles. The van der Waals surface area contributed by atoms with Crippen LogP contribution in [0.1, 0.15) is 18.9 Å². The lowest BCUT2D eigenvalue weighted by Crippen LogP contribution is -2.04. The molecule has 6 nitrogen and oxygen atoms in total. The molecular formula is C11H16N2O4. The van der Waals surface area contributed by atoms with Crippen molar-refractivity contribution >= 4 is 5.97 Å². The Morgan fingerprint density at radius 1 is 1.35 bits per heavy atom. The van der Waals surface area contributed by atoms with Crippen LogP contribution in [0.2, 0.25) is 0 Å². The van der Waals surface area contributed by atoms with Crippen LogP contribution in [0.5, 0.6) is 11.9 Å². The Balaban J connectivity index is 2.55. The normalized spacial score (nSPS) is 9.82. The summed E-state index contributed by atoms with van der Waals surface area (Å²) in [5, 5.41) is 0. The third-order valence-electron chi connectivity index (χ3n) is 2.07. The van der Waals surface area contributed by atoms with Crippen LogP contribution in [0, 0.1) is 0 Å². The Labute approximate surface area is 99.9 Å². The Kier molecular flexibility index (Phi) is 5.19. The molecule has 1 rings (SSSR count). The van der Waals surface area contributed by atoms with Crippen molar-refractivity contribution in [1.82, 2.24) is 9.97 Å². The van der Waals surface area contributed by atoms with Crippen molar-refractivity contribution in [2.75, 3.05) is 20.8 Å². The SMILES string of the molecule is COc1ncc(CCCOC(C)=O)c(OC)n1. The molecule has 0 saturated heterocycles. The molecule has 0 radical (unpaired) electrons. The fraction of sp³-hybridized carbons (Fsp3) is 0.545. The second-order valence-corrected chi connectivity index (χ2v) is 3.33. The Hall–Kier alpha value is -1.85. The van der Waals surface area contributed by atoms with Gasteiger partial charge in [-0.2, -0.15) is 4.98 Å². The van der Waals surface area contributed by atoms with Crippen molar-refractivity contribution in [1.29, 1.82) is 0 Å². The van der Waals surface area contributed by atoms with E-state index in [0.29, 0.717) is 25.3 Å². The van der Waals surface area contributed by atoms with Crippen molar-refractivity contribution in [2.45, 2.75) is 19.8 Å². The summed E-state index contributed by atoms with van der Waals surface area (Å²) in [4.78, 5) is 18.6. The molecular weight excluding hydrogens is 224 g/mol. The predicted molar refractivity (Wildman–Crippen MR) is 60.1 cm³/mol. The average molecular weight is 240 g/mol. The van der Waals surface area contributed by atoms with Gasteiger partial charge in [-0.15, -0.1) is 0 Å². The van der Waals surface area contributed by atoms with Gasteiger partial charge >= 0.3 is 12.0 Å². The fourth-order valence-corrected chi connectivity index (χ4v) is 1.30. The van der Waals surface area contributed by atoms with E-state index in [1.807, 2.05) is 0 Å². The van der Waals surface area contributed by atoms with E-state index in [0.717, 1.165) is 5.56 Å². The summed E-state index contributed by atoms with van der Waals surface area (Å²) in [5.74, 6) is 0.211. The molecule has 1 aromatic rings. The molecule has 0 aliphatic heterocycles. The molecule has 6 heteroatoms. The first-order valence-electron chi connectivity index (χ1n) is 5.24. The van der Waals surface area contributed by atoms with Gasteiger partial charge in [0.15, 0.2) is 0 Å². The quantitative estimate of drug-likeness (QED) is 0.545. The molecule has 0 saturated carbocycles. The highest BCUT2D eigenvalue weighted by molar-refractivity contribution is 5.65. The number of methoxy groups -OCH3 is 2. The van der Waals surface area contributed by atoms with E-state index in [1.54, 1.807) is 6.20 Å². The maximum absolute atomic E-state index is 10.6. The number of aryl methyl sites for hydroxylation is 1. The zero-order valence-electron chi connectivity index (χ0n) is 10.2. The van der Waals surface area contributed by atoms with Crippen molar-refractivity contribution in [2.24, 2.45) is 0 Å². The first kappa shape index (κ1) is 13.2. The lowest BCUT2D eigenvalue weighted by molar-refractivity contribution is -0.141. The Bertz CT molecular complexity index is 382. The number of hydrogen-bond acceptors (Lipinski definition) is 6. The van der Waals surface area contributed by atoms with Crippen LogP contribution in [-0.4, -0.2) is 36.8 Å². The van der Waals surface area contributed by atoms with Crippen LogP contribution in [0.3, 0.4) is 0 Å². The molecule has 0 N–H and O–H groups in total. The molecule has 0 amide bonds. The van der Waals surface area contributed by atoms with E-state index in [4.69, 9.17) is 14.2 Å². The van der Waals surface area contributed by atoms with Gasteiger partial charge in [0.1, 0.15) is 0 Å². The highest BCUT2D eigenvalue weighted by Crippen LogP contribution is 2.18. The summed E-state index contributed by atoms with van der Waals surface area (Å²) in [6.45, 7) is 1.77. The minimum Gasteiger partial charge on any atom is -0.481 e. The van der Waals surface area contributed by atoms with Crippen molar-refractivity contribution in [3.8, 4) is 11.9 Å². The number of aromatic nitrogens is 2. The Morgan fingerprint density at radius 2 is 2.12 bits per heavy atom. The van der Waals surface area contributed by atoms with Crippen molar-refractivity contribution < 1.29 is 19.0 Å². The van der Waals surface area contributed by atoms with Crippen LogP contribution in [0.15, 0.2) is 6.20 Å². The van der Waals surface area contributed by atoms with E-state index < -0.39 is 0 Å². The number of carbonyl (C=O) groups is 1. The summed E-state index contributed by atoms with van der Waals surface area (Å²) < 4.78 is 14.9. The predicted octanol–water partition coefficient (Wildman–Crippen LogP) is 0.990. The topological polar surface area (TPSA) is 70.5 Å². The molecule has 0 bridgehead atoms. The van der Waals surface area contributed by atoms with E-state index in [-0.39, 0.29) is 12.0 Å². The minimum atomic E-state index is -0.275. The van der Waals surface area contributed by atoms with E-state index in [1.165, 1.54) is 21.1 Å². The summed E-state index contributed by atoms with van der Waals surface area (Å²) >= 11 is 0. The van der Waals surface area contributed by atoms with Crippen molar-refractivity contribution in [3.63, 3.8) is 0 Å². The monoisotopic (exact) mass is 240 g/mol. The van der Waals surface area contributed by atoms with Gasteiger partial charge in [-0.3, -0.25) is 4.79 Å². The van der Waals surface area contributed by atoms with E-state index in [2.05, 4.69) is 9.97 Å². The maximum atomic E-state index is 10.6. The van der Waals surface area contributed by atoms with E-state index >= 15 is 0 Å². The van der Waals surface area contributed by atoms with Crippen LogP contribution < -0.4 is 9.47 Å². The number of hydrogen-bond donors (Lipinski definition) is 0. The van der Waals surface area contributed by atoms with Gasteiger partial charge in [-0.1, -0.05) is 0 Å². The van der Waals surface area contributed by atoms with Crippen LogP contribution in [0.25, 0.3) is 0 Å². The van der Waals surface area contributed by atoms with Gasteiger partial charge in [0.05, 0.1) is 20.8 Å². The number of rotatable bonds is 6. The summed E-state index contributed by atoms with van der Waals surface area (Å²) in [6.07, 6.45) is 3.03. The summed E-state index contributed by atoms with van der Waals surface area (Å²) in [6, 6.07) is 0.269. The number of nitrogens with zero attached hydrogens (tertiary/aromatic N) is 2. The second-order valence-electron chi connectivity index (χ2n) is 3.33. The first-order chi connectivity index (χ1) is 8.17. The van der Waals surface area contributed by atoms with E-state index in [9.17, 15) is 4.79 Å². The number of carbonyl (C=O) groups excluding carboxylic acids is 1. The molecule has 0 fully saturated rings. The second kappa shape index (κ2) is 6.67. The molecule has 0 aliphatic rings. The fourth-order valence-electron chi connectivity index (χ4n) is 1.30. The first-order valence-corrected chi connectivity index (χ1v) is 5.24. The standard InChI is InChI=1S/C11H16N2O4/c1-8(14)17-6-4-5-9-7-12-11(16-3)13-10(9)15-2/h7H,4-6H2,1-3H3. The Morgan fingerprint density at radius 3 is 2.71 bits per heavy atom. The van der Waals surface area contributed by atoms with Crippen LogP contribution >= 0.6 is 0 Å². The molecule has 0 aromatic carbocycles. The lowest BCUT2D eigenvalue weighted by atomic mass is 10.2. The third-order valence-corrected chi connectivity index (χ3v) is 2.07. The largest absolute Gasteiger partial charge is 0.481 e. The van der Waals surface area contributed by atoms with Gasteiger partial charge < -0.3 is 14.2 Å². The average Bonchev–Trinajstić information content (AvgIpc) is 2.34. The third kappa shape index (κ3) is 4.26. The molecule has 0 spiro atoms. The highest BCUT2D eigenvalue weighted by Gasteiger charge is 2.07. The molecule has 17 heavy (non-hydrogen) atoms. The maximum Gasteiger partial charge on any atom is 0.319 e. The van der Waals surface area contributed by atoms with Crippen LogP contribution in [-0.2, 0) is 16.0 Å². The lowest BCUT2D eigenvalue weighted by Gasteiger charge is -2.08. The highest BCUT2D eigenvalue weighted by atomic mass is 16.5. The smallest absolute Gasteiger partial charge is 0.319 e. The molecule has 0 atom stereocenters. The van der Waals surface area contributed by atoms with Gasteiger partial charge in [-0.25, -0.2) is 4.98 Å². The molecule has 1 heterocycles. The zero-order chi connectivity index (χ0) is 12.7. The number of esters is 1. The van der Waals surface area contributed by atoms with Gasteiger partial charge in [0, 0.05) is 18.7 Å². The molecule has 0 aliphatic carbocycles. The molecule has 0 unspecified atom stereocenters. The zero-order valence-corrected chi connectivity index (χ0v) is 10.2. The van der Waals surface area contributed by atoms with Crippen molar-refractivity contribution in [3.05, 3.63) is 11.8 Å². The van der Waals surface area contributed by atoms with Gasteiger partial charge in [0.25, 0.3) is 0 Å².